The Morgan fingerprint density at radius 2 is 2.40 bits per heavy atom. The molecular formula is C6H6N4. The number of hydrogen-bond donors (Lipinski definition) is 2. The van der Waals surface area contributed by atoms with Crippen LogP contribution in [0.25, 0.3) is 11.0 Å². The van der Waals surface area contributed by atoms with Gasteiger partial charge in [-0.3, -0.25) is 5.10 Å². The number of nitrogens with zero attached hydrogens (tertiary/aromatic N) is 2. The average Bonchev–Trinajstić information content (AvgIpc) is 2.34. The normalized spacial score (nSPS) is 10.4. The van der Waals surface area contributed by atoms with Gasteiger partial charge in [-0.25, -0.2) is 4.98 Å². The van der Waals surface area contributed by atoms with Crippen molar-refractivity contribution in [2.75, 3.05) is 5.73 Å². The van der Waals surface area contributed by atoms with E-state index in [1.165, 1.54) is 0 Å². The van der Waals surface area contributed by atoms with Gasteiger partial charge in [-0.1, -0.05) is 0 Å². The summed E-state index contributed by atoms with van der Waals surface area (Å²) in [5.74, 6) is 0.503. The van der Waals surface area contributed by atoms with Gasteiger partial charge >= 0.3 is 0 Å². The number of anilines is 1. The molecule has 0 radical (unpaired) electrons. The second kappa shape index (κ2) is 1.70. The molecule has 0 fully saturated rings. The topological polar surface area (TPSA) is 67.6 Å². The number of pyridine rings is 1. The highest BCUT2D eigenvalue weighted by molar-refractivity contribution is 5.85. The molecule has 0 atom stereocenters. The zero-order valence-corrected chi connectivity index (χ0v) is 5.20. The Morgan fingerprint density at radius 1 is 1.50 bits per heavy atom. The van der Waals surface area contributed by atoms with Crippen LogP contribution in [0.3, 0.4) is 0 Å². The van der Waals surface area contributed by atoms with Gasteiger partial charge in [-0.15, -0.1) is 0 Å². The third-order valence-electron chi connectivity index (χ3n) is 1.37. The maximum absolute atomic E-state index is 5.49. The summed E-state index contributed by atoms with van der Waals surface area (Å²) >= 11 is 0. The first-order valence-electron chi connectivity index (χ1n) is 2.92. The summed E-state index contributed by atoms with van der Waals surface area (Å²) < 4.78 is 0. The number of aromatic amines is 1. The van der Waals surface area contributed by atoms with Crippen molar-refractivity contribution in [3.8, 4) is 0 Å². The predicted octanol–water partition coefficient (Wildman–Crippen LogP) is 0.540. The average molecular weight is 134 g/mol. The lowest BCUT2D eigenvalue weighted by atomic mass is 10.3. The number of nitrogens with one attached hydrogen (secondary N) is 1. The van der Waals surface area contributed by atoms with Crippen molar-refractivity contribution in [2.24, 2.45) is 0 Å². The number of rotatable bonds is 0. The molecule has 0 spiro atoms. The molecule has 0 amide bonds. The van der Waals surface area contributed by atoms with E-state index in [9.17, 15) is 0 Å². The van der Waals surface area contributed by atoms with Crippen molar-refractivity contribution in [1.82, 2.24) is 15.2 Å². The summed E-state index contributed by atoms with van der Waals surface area (Å²) in [5.41, 5.74) is 6.23. The van der Waals surface area contributed by atoms with E-state index in [1.807, 2.05) is 12.1 Å². The largest absolute Gasteiger partial charge is 0.382 e. The molecule has 0 unspecified atom stereocenters. The monoisotopic (exact) mass is 134 g/mol. The number of nitrogens with two attached hydrogens (primary N) is 1. The molecule has 4 nitrogen and oxygen atoms in total. The lowest BCUT2D eigenvalue weighted by molar-refractivity contribution is 1.10. The van der Waals surface area contributed by atoms with Crippen molar-refractivity contribution >= 4 is 16.9 Å². The molecule has 0 saturated heterocycles. The van der Waals surface area contributed by atoms with E-state index in [0.29, 0.717) is 5.82 Å². The second-order valence-corrected chi connectivity index (χ2v) is 2.01. The van der Waals surface area contributed by atoms with E-state index < -0.39 is 0 Å². The highest BCUT2D eigenvalue weighted by Crippen LogP contribution is 2.12. The molecule has 4 heteroatoms. The van der Waals surface area contributed by atoms with Gasteiger partial charge in [0.1, 0.15) is 0 Å². The number of H-pyrrole nitrogens is 1. The van der Waals surface area contributed by atoms with Gasteiger partial charge in [0, 0.05) is 6.20 Å². The molecule has 2 aromatic rings. The summed E-state index contributed by atoms with van der Waals surface area (Å²) in [7, 11) is 0. The van der Waals surface area contributed by atoms with Gasteiger partial charge in [0.25, 0.3) is 0 Å². The minimum atomic E-state index is 0.503. The summed E-state index contributed by atoms with van der Waals surface area (Å²) in [6, 6.07) is 3.70. The molecule has 3 N–H and O–H groups in total. The van der Waals surface area contributed by atoms with Crippen molar-refractivity contribution < 1.29 is 0 Å². The smallest absolute Gasteiger partial charge is 0.157 e. The van der Waals surface area contributed by atoms with E-state index in [-0.39, 0.29) is 0 Å². The van der Waals surface area contributed by atoms with E-state index in [0.717, 1.165) is 11.0 Å². The van der Waals surface area contributed by atoms with Crippen LogP contribution in [0.4, 0.5) is 5.82 Å². The molecule has 10 heavy (non-hydrogen) atoms. The number of aromatic nitrogens is 3. The van der Waals surface area contributed by atoms with Crippen LogP contribution >= 0.6 is 0 Å². The summed E-state index contributed by atoms with van der Waals surface area (Å²) in [4.78, 5) is 4.00. The van der Waals surface area contributed by atoms with Crippen LogP contribution in [0.2, 0.25) is 0 Å². The van der Waals surface area contributed by atoms with Crippen LogP contribution in [0.15, 0.2) is 18.3 Å². The van der Waals surface area contributed by atoms with Crippen molar-refractivity contribution in [1.29, 1.82) is 0 Å². The number of hydrogen-bond acceptors (Lipinski definition) is 3. The van der Waals surface area contributed by atoms with Crippen molar-refractivity contribution in [3.63, 3.8) is 0 Å². The molecule has 0 aliphatic rings. The van der Waals surface area contributed by atoms with E-state index in [1.54, 1.807) is 6.20 Å². The lowest BCUT2D eigenvalue weighted by Gasteiger charge is -1.83. The maximum Gasteiger partial charge on any atom is 0.157 e. The Hall–Kier alpha value is -1.58. The van der Waals surface area contributed by atoms with Crippen LogP contribution in [0, 0.1) is 0 Å². The van der Waals surface area contributed by atoms with Crippen LogP contribution in [-0.2, 0) is 0 Å². The minimum Gasteiger partial charge on any atom is -0.382 e. The van der Waals surface area contributed by atoms with Crippen molar-refractivity contribution in [2.45, 2.75) is 0 Å². The number of fused-ring (bicyclic) bond motifs is 1. The summed E-state index contributed by atoms with van der Waals surface area (Å²) in [5, 5.41) is 7.37. The highest BCUT2D eigenvalue weighted by Gasteiger charge is 1.98. The molecule has 2 aromatic heterocycles. The Morgan fingerprint density at radius 3 is 3.20 bits per heavy atom. The standard InChI is InChI=1S/C6H6N4/c7-5-4-2-1-3-8-6(4)10-9-5/h1-3H,(H3,7,8,9,10)/i6+0. The SMILES string of the molecule is Nc1n[nH][12c]2ncccc12. The molecule has 0 aromatic carbocycles. The second-order valence-electron chi connectivity index (χ2n) is 2.01. The molecule has 50 valence electrons. The summed E-state index contributed by atoms with van der Waals surface area (Å²) in [6.45, 7) is 0. The molecule has 0 bridgehead atoms. The fourth-order valence-electron chi connectivity index (χ4n) is 0.874. The first kappa shape index (κ1) is 5.22. The van der Waals surface area contributed by atoms with Crippen LogP contribution < -0.4 is 5.73 Å². The Kier molecular flexibility index (Phi) is 0.887. The third kappa shape index (κ3) is 0.556. The van der Waals surface area contributed by atoms with Gasteiger partial charge in [-0.2, -0.15) is 5.10 Å². The first-order chi connectivity index (χ1) is 4.88. The van der Waals surface area contributed by atoms with E-state index in [2.05, 4.69) is 15.2 Å². The zero-order chi connectivity index (χ0) is 6.97. The number of nitrogen functional groups attached to an aromatic ring is 1. The fourth-order valence-corrected chi connectivity index (χ4v) is 0.874. The highest BCUT2D eigenvalue weighted by atomic mass is 15.2. The Balaban J connectivity index is 2.93. The van der Waals surface area contributed by atoms with Gasteiger partial charge in [0.15, 0.2) is 11.5 Å². The zero-order valence-electron chi connectivity index (χ0n) is 5.20. The lowest BCUT2D eigenvalue weighted by Crippen LogP contribution is -1.83. The van der Waals surface area contributed by atoms with Crippen LogP contribution in [-0.4, -0.2) is 15.2 Å². The van der Waals surface area contributed by atoms with Crippen LogP contribution in [0.1, 0.15) is 0 Å². The van der Waals surface area contributed by atoms with Gasteiger partial charge in [-0.05, 0) is 12.1 Å². The minimum absolute atomic E-state index is 0.503. The predicted molar refractivity (Wildman–Crippen MR) is 38.3 cm³/mol. The van der Waals surface area contributed by atoms with Gasteiger partial charge in [0.2, 0.25) is 0 Å². The molecule has 2 rings (SSSR count). The maximum atomic E-state index is 5.49. The van der Waals surface area contributed by atoms with E-state index >= 15 is 0 Å². The van der Waals surface area contributed by atoms with E-state index in [4.69, 9.17) is 5.73 Å². The van der Waals surface area contributed by atoms with Crippen molar-refractivity contribution in [3.05, 3.63) is 18.3 Å². The first-order valence-corrected chi connectivity index (χ1v) is 2.92. The Bertz CT molecular complexity index is 351. The van der Waals surface area contributed by atoms with Gasteiger partial charge < -0.3 is 5.73 Å². The Labute approximate surface area is 57.1 Å². The molecule has 2 heterocycles. The molecule has 0 aliphatic carbocycles. The molecular weight excluding hydrogens is 128 g/mol. The van der Waals surface area contributed by atoms with Gasteiger partial charge in [0.05, 0.1) is 5.39 Å². The molecule has 0 saturated carbocycles. The quantitative estimate of drug-likeness (QED) is 0.552. The fraction of sp³-hybridized carbons (Fsp3) is 0. The summed E-state index contributed by atoms with van der Waals surface area (Å²) in [6.07, 6.45) is 1.69. The third-order valence-corrected chi connectivity index (χ3v) is 1.37. The van der Waals surface area contributed by atoms with Crippen LogP contribution in [0.5, 0.6) is 0 Å². The molecule has 0 aliphatic heterocycles.